The first kappa shape index (κ1) is 11.7. The molecule has 2 rings (SSSR count). The van der Waals surface area contributed by atoms with Crippen LogP contribution in [0.5, 0.6) is 0 Å². The Morgan fingerprint density at radius 1 is 1.29 bits per heavy atom. The van der Waals surface area contributed by atoms with Crippen molar-refractivity contribution in [1.82, 2.24) is 5.16 Å². The van der Waals surface area contributed by atoms with Crippen LogP contribution < -0.4 is 4.57 Å². The van der Waals surface area contributed by atoms with Gasteiger partial charge in [0.25, 0.3) is 10.1 Å². The summed E-state index contributed by atoms with van der Waals surface area (Å²) in [6, 6.07) is 5.30. The molecule has 7 heteroatoms. The van der Waals surface area contributed by atoms with Crippen LogP contribution in [0.3, 0.4) is 0 Å². The van der Waals surface area contributed by atoms with Crippen molar-refractivity contribution in [2.75, 3.05) is 5.75 Å². The second-order valence-electron chi connectivity index (χ2n) is 3.49. The zero-order valence-corrected chi connectivity index (χ0v) is 9.67. The van der Waals surface area contributed by atoms with Crippen molar-refractivity contribution in [1.29, 1.82) is 0 Å². The van der Waals surface area contributed by atoms with Crippen molar-refractivity contribution in [3.05, 3.63) is 36.8 Å². The molecule has 0 spiro atoms. The van der Waals surface area contributed by atoms with Crippen molar-refractivity contribution in [2.24, 2.45) is 0 Å². The molecular weight excluding hydrogens is 244 g/mol. The second-order valence-corrected chi connectivity index (χ2v) is 5.06. The quantitative estimate of drug-likeness (QED) is 0.636. The predicted molar refractivity (Wildman–Crippen MR) is 58.5 cm³/mol. The molecule has 0 unspecified atom stereocenters. The smallest absolute Gasteiger partial charge is 0.271 e. The average molecular weight is 255 g/mol. The minimum atomic E-state index is -3.93. The predicted octanol–water partition coefficient (Wildman–Crippen LogP) is 0.517. The first-order valence-corrected chi connectivity index (χ1v) is 6.51. The Bertz CT molecular complexity index is 575. The molecule has 1 N–H and O–H groups in total. The molecule has 2 heterocycles. The van der Waals surface area contributed by atoms with E-state index in [1.54, 1.807) is 41.4 Å². The van der Waals surface area contributed by atoms with Crippen LogP contribution in [-0.4, -0.2) is 23.9 Å². The third-order valence-electron chi connectivity index (χ3n) is 2.22. The topological polar surface area (TPSA) is 84.3 Å². The summed E-state index contributed by atoms with van der Waals surface area (Å²) < 4.78 is 36.4. The maximum atomic E-state index is 10.6. The van der Waals surface area contributed by atoms with Gasteiger partial charge in [-0.3, -0.25) is 4.55 Å². The summed E-state index contributed by atoms with van der Waals surface area (Å²) in [5.74, 6) is 0.339. The molecule has 0 aliphatic carbocycles. The van der Waals surface area contributed by atoms with Gasteiger partial charge in [-0.05, 0) is 0 Å². The summed E-state index contributed by atoms with van der Waals surface area (Å²) in [7, 11) is -3.93. The lowest BCUT2D eigenvalue weighted by atomic mass is 10.2. The molecule has 0 bridgehead atoms. The van der Waals surface area contributed by atoms with Crippen molar-refractivity contribution < 1.29 is 22.1 Å². The molecule has 0 saturated heterocycles. The van der Waals surface area contributed by atoms with Gasteiger partial charge in [0.2, 0.25) is 0 Å². The van der Waals surface area contributed by atoms with Crippen molar-refractivity contribution in [3.8, 4) is 11.3 Å². The monoisotopic (exact) mass is 255 g/mol. The van der Waals surface area contributed by atoms with E-state index in [0.29, 0.717) is 5.76 Å². The zero-order valence-electron chi connectivity index (χ0n) is 8.85. The average Bonchev–Trinajstić information content (AvgIpc) is 2.79. The molecule has 0 saturated carbocycles. The second kappa shape index (κ2) is 4.64. The fourth-order valence-corrected chi connectivity index (χ4v) is 1.80. The maximum Gasteiger partial charge on any atom is 0.271 e. The highest BCUT2D eigenvalue weighted by molar-refractivity contribution is 7.85. The number of rotatable bonds is 4. The number of aromatic nitrogens is 2. The van der Waals surface area contributed by atoms with E-state index in [9.17, 15) is 8.42 Å². The lowest BCUT2D eigenvalue weighted by Gasteiger charge is -1.96. The van der Waals surface area contributed by atoms with Gasteiger partial charge in [-0.15, -0.1) is 0 Å². The molecule has 2 aromatic rings. The van der Waals surface area contributed by atoms with Crippen LogP contribution in [0, 0.1) is 0 Å². The SMILES string of the molecule is O=S(=O)(O)CC[n+]1ccc(-c2ccno2)cc1. The standard InChI is InChI=1S/C10H10N2O4S/c13-17(14,15)8-7-12-5-2-9(3-6-12)10-1-4-11-16-10/h1-6H,7-8H2/p+1. The normalized spacial score (nSPS) is 11.6. The molecule has 0 fully saturated rings. The van der Waals surface area contributed by atoms with Gasteiger partial charge in [0.05, 0.1) is 6.20 Å². The summed E-state index contributed by atoms with van der Waals surface area (Å²) in [6.45, 7) is 0.204. The van der Waals surface area contributed by atoms with Crippen LogP contribution >= 0.6 is 0 Å². The zero-order chi connectivity index (χ0) is 12.3. The van der Waals surface area contributed by atoms with Gasteiger partial charge in [-0.2, -0.15) is 8.42 Å². The number of nitrogens with zero attached hydrogens (tertiary/aromatic N) is 2. The number of hydrogen-bond acceptors (Lipinski definition) is 4. The summed E-state index contributed by atoms with van der Waals surface area (Å²) >= 11 is 0. The van der Waals surface area contributed by atoms with E-state index < -0.39 is 10.1 Å². The molecule has 6 nitrogen and oxygen atoms in total. The van der Waals surface area contributed by atoms with Crippen LogP contribution in [0.25, 0.3) is 11.3 Å². The third kappa shape index (κ3) is 3.36. The molecule has 17 heavy (non-hydrogen) atoms. The van der Waals surface area contributed by atoms with E-state index in [1.807, 2.05) is 0 Å². The van der Waals surface area contributed by atoms with Crippen LogP contribution in [0.15, 0.2) is 41.3 Å². The highest BCUT2D eigenvalue weighted by Crippen LogP contribution is 2.15. The lowest BCUT2D eigenvalue weighted by Crippen LogP contribution is -2.36. The van der Waals surface area contributed by atoms with Crippen LogP contribution in [0.1, 0.15) is 0 Å². The fourth-order valence-electron chi connectivity index (χ4n) is 1.36. The van der Waals surface area contributed by atoms with Gasteiger partial charge in [0.1, 0.15) is 5.75 Å². The van der Waals surface area contributed by atoms with Crippen LogP contribution in [0.2, 0.25) is 0 Å². The largest absolute Gasteiger partial charge is 0.356 e. The van der Waals surface area contributed by atoms with Gasteiger partial charge in [0, 0.05) is 23.8 Å². The fraction of sp³-hybridized carbons (Fsp3) is 0.200. The minimum absolute atomic E-state index is 0.204. The summed E-state index contributed by atoms with van der Waals surface area (Å²) in [6.07, 6.45) is 4.97. The number of aryl methyl sites for hydroxylation is 1. The Labute approximate surface area is 98.2 Å². The van der Waals surface area contributed by atoms with Gasteiger partial charge >= 0.3 is 0 Å². The molecule has 0 radical (unpaired) electrons. The van der Waals surface area contributed by atoms with Gasteiger partial charge in [-0.1, -0.05) is 5.16 Å². The van der Waals surface area contributed by atoms with Gasteiger partial charge in [-0.25, -0.2) is 4.57 Å². The van der Waals surface area contributed by atoms with E-state index in [0.717, 1.165) is 5.56 Å². The summed E-state index contributed by atoms with van der Waals surface area (Å²) in [5.41, 5.74) is 0.852. The molecule has 2 aromatic heterocycles. The van der Waals surface area contributed by atoms with Crippen molar-refractivity contribution in [3.63, 3.8) is 0 Å². The van der Waals surface area contributed by atoms with E-state index in [-0.39, 0.29) is 12.3 Å². The Balaban J connectivity index is 2.09. The molecule has 0 amide bonds. The van der Waals surface area contributed by atoms with Gasteiger partial charge in [0.15, 0.2) is 24.7 Å². The Morgan fingerprint density at radius 2 is 2.00 bits per heavy atom. The number of pyridine rings is 1. The van der Waals surface area contributed by atoms with E-state index in [2.05, 4.69) is 5.16 Å². The van der Waals surface area contributed by atoms with E-state index in [1.165, 1.54) is 0 Å². The lowest BCUT2D eigenvalue weighted by molar-refractivity contribution is -0.692. The maximum absolute atomic E-state index is 10.6. The van der Waals surface area contributed by atoms with E-state index >= 15 is 0 Å². The van der Waals surface area contributed by atoms with Crippen LogP contribution in [-0.2, 0) is 16.7 Å². The van der Waals surface area contributed by atoms with Crippen molar-refractivity contribution >= 4 is 10.1 Å². The highest BCUT2D eigenvalue weighted by atomic mass is 32.2. The van der Waals surface area contributed by atoms with Gasteiger partial charge < -0.3 is 4.52 Å². The third-order valence-corrected chi connectivity index (χ3v) is 2.92. The minimum Gasteiger partial charge on any atom is -0.356 e. The molecular formula is C10H11N2O4S+. The molecule has 0 aliphatic heterocycles. The van der Waals surface area contributed by atoms with E-state index in [4.69, 9.17) is 9.08 Å². The molecule has 0 aromatic carbocycles. The molecule has 0 atom stereocenters. The first-order valence-electron chi connectivity index (χ1n) is 4.90. The Morgan fingerprint density at radius 3 is 2.53 bits per heavy atom. The molecule has 90 valence electrons. The highest BCUT2D eigenvalue weighted by Gasteiger charge is 2.10. The first-order chi connectivity index (χ1) is 8.04. The molecule has 0 aliphatic rings. The van der Waals surface area contributed by atoms with Crippen molar-refractivity contribution in [2.45, 2.75) is 6.54 Å². The number of hydrogen-bond donors (Lipinski definition) is 1. The van der Waals surface area contributed by atoms with Crippen LogP contribution in [0.4, 0.5) is 0 Å². The Kier molecular flexibility index (Phi) is 3.21. The Hall–Kier alpha value is -1.73. The summed E-state index contributed by atoms with van der Waals surface area (Å²) in [5, 5.41) is 3.60. The summed E-state index contributed by atoms with van der Waals surface area (Å²) in [4.78, 5) is 0.